The van der Waals surface area contributed by atoms with Gasteiger partial charge in [0.1, 0.15) is 15.6 Å². The predicted molar refractivity (Wildman–Crippen MR) is 78.1 cm³/mol. The molecule has 0 unspecified atom stereocenters. The summed E-state index contributed by atoms with van der Waals surface area (Å²) in [5.74, 6) is 0.0909. The Balaban J connectivity index is 2.38. The van der Waals surface area contributed by atoms with E-state index in [9.17, 15) is 4.79 Å². The minimum atomic E-state index is -0.502. The van der Waals surface area contributed by atoms with Gasteiger partial charge in [-0.1, -0.05) is 0 Å². The van der Waals surface area contributed by atoms with E-state index in [-0.39, 0.29) is 6.10 Å². The Morgan fingerprint density at radius 3 is 2.58 bits per heavy atom. The van der Waals surface area contributed by atoms with E-state index >= 15 is 0 Å². The van der Waals surface area contributed by atoms with Crippen LogP contribution in [-0.2, 0) is 0 Å². The van der Waals surface area contributed by atoms with Crippen molar-refractivity contribution in [2.75, 3.05) is 36.8 Å². The van der Waals surface area contributed by atoms with Gasteiger partial charge in [-0.15, -0.1) is 11.3 Å². The van der Waals surface area contributed by atoms with Gasteiger partial charge in [0, 0.05) is 26.2 Å². The van der Waals surface area contributed by atoms with Gasteiger partial charge in [0.05, 0.1) is 6.10 Å². The first-order valence-corrected chi connectivity index (χ1v) is 7.16. The van der Waals surface area contributed by atoms with Crippen molar-refractivity contribution in [3.63, 3.8) is 0 Å². The van der Waals surface area contributed by atoms with Crippen LogP contribution in [0.1, 0.15) is 23.5 Å². The fraction of sp³-hybridized carbons (Fsp3) is 0.583. The number of hydrogen-bond donors (Lipinski definition) is 3. The molecule has 19 heavy (non-hydrogen) atoms. The molecule has 0 radical (unpaired) electrons. The molecule has 0 spiro atoms. The van der Waals surface area contributed by atoms with Crippen LogP contribution in [0.3, 0.4) is 0 Å². The van der Waals surface area contributed by atoms with Gasteiger partial charge in [-0.2, -0.15) is 0 Å². The number of primary amides is 1. The van der Waals surface area contributed by atoms with Crippen LogP contribution < -0.4 is 26.4 Å². The molecule has 1 aliphatic heterocycles. The zero-order valence-corrected chi connectivity index (χ0v) is 12.0. The first-order valence-electron chi connectivity index (χ1n) is 6.35. The number of ether oxygens (including phenoxy) is 1. The van der Waals surface area contributed by atoms with E-state index in [0.29, 0.717) is 16.3 Å². The third-order valence-electron chi connectivity index (χ3n) is 2.86. The fourth-order valence-corrected chi connectivity index (χ4v) is 3.08. The van der Waals surface area contributed by atoms with Gasteiger partial charge in [0.25, 0.3) is 5.91 Å². The number of nitrogen functional groups attached to an aromatic ring is 1. The fourth-order valence-electron chi connectivity index (χ4n) is 2.03. The maximum Gasteiger partial charge on any atom is 0.261 e. The smallest absolute Gasteiger partial charge is 0.261 e. The van der Waals surface area contributed by atoms with Crippen molar-refractivity contribution in [2.24, 2.45) is 5.73 Å². The first kappa shape index (κ1) is 14.0. The Hall–Kier alpha value is -1.47. The van der Waals surface area contributed by atoms with E-state index in [2.05, 4.69) is 10.2 Å². The largest absolute Gasteiger partial charge is 0.486 e. The molecule has 0 bridgehead atoms. The molecular weight excluding hydrogens is 264 g/mol. The van der Waals surface area contributed by atoms with Crippen molar-refractivity contribution in [1.82, 2.24) is 5.32 Å². The number of carbonyl (C=O) groups is 1. The van der Waals surface area contributed by atoms with Gasteiger partial charge in [0.15, 0.2) is 5.75 Å². The van der Waals surface area contributed by atoms with E-state index in [4.69, 9.17) is 16.2 Å². The highest BCUT2D eigenvalue weighted by atomic mass is 32.1. The second-order valence-corrected chi connectivity index (χ2v) is 5.75. The zero-order chi connectivity index (χ0) is 14.0. The van der Waals surface area contributed by atoms with Crippen LogP contribution in [0.25, 0.3) is 0 Å². The summed E-state index contributed by atoms with van der Waals surface area (Å²) in [5, 5.41) is 4.19. The summed E-state index contributed by atoms with van der Waals surface area (Å²) in [4.78, 5) is 14.0. The molecule has 1 aromatic heterocycles. The number of nitrogens with one attached hydrogen (secondary N) is 1. The number of hydrogen-bond acceptors (Lipinski definition) is 6. The number of nitrogens with zero attached hydrogens (tertiary/aromatic N) is 1. The normalized spacial score (nSPS) is 15.8. The molecule has 5 N–H and O–H groups in total. The average molecular weight is 284 g/mol. The molecule has 0 saturated carbocycles. The highest BCUT2D eigenvalue weighted by Gasteiger charge is 2.26. The molecule has 2 heterocycles. The number of rotatable bonds is 4. The number of carbonyl (C=O) groups excluding carboxylic acids is 1. The molecule has 7 heteroatoms. The Kier molecular flexibility index (Phi) is 4.16. The van der Waals surface area contributed by atoms with E-state index in [0.717, 1.165) is 31.2 Å². The molecule has 106 valence electrons. The standard InChI is InChI=1S/C12H20N4O2S/c1-7(2)18-9-8(13)10(11(14)17)19-12(9)16-5-3-15-4-6-16/h7,15H,3-6,13H2,1-2H3,(H2,14,17). The maximum absolute atomic E-state index is 11.4. The summed E-state index contributed by atoms with van der Waals surface area (Å²) < 4.78 is 5.78. The predicted octanol–water partition coefficient (Wildman–Crippen LogP) is 0.626. The van der Waals surface area contributed by atoms with Crippen LogP contribution in [0.5, 0.6) is 5.75 Å². The summed E-state index contributed by atoms with van der Waals surface area (Å²) in [6.45, 7) is 7.42. The van der Waals surface area contributed by atoms with Gasteiger partial charge in [0.2, 0.25) is 0 Å². The number of nitrogens with two attached hydrogens (primary N) is 2. The lowest BCUT2D eigenvalue weighted by atomic mass is 10.3. The van der Waals surface area contributed by atoms with Crippen LogP contribution in [0.2, 0.25) is 0 Å². The summed E-state index contributed by atoms with van der Waals surface area (Å²) in [6, 6.07) is 0. The molecule has 1 aromatic rings. The van der Waals surface area contributed by atoms with Crippen LogP contribution in [0, 0.1) is 0 Å². The van der Waals surface area contributed by atoms with E-state index in [1.165, 1.54) is 11.3 Å². The van der Waals surface area contributed by atoms with Crippen molar-refractivity contribution in [2.45, 2.75) is 20.0 Å². The molecule has 1 saturated heterocycles. The SMILES string of the molecule is CC(C)Oc1c(N2CCNCC2)sc(C(N)=O)c1N. The van der Waals surface area contributed by atoms with Gasteiger partial charge >= 0.3 is 0 Å². The minimum Gasteiger partial charge on any atom is -0.486 e. The van der Waals surface area contributed by atoms with Gasteiger partial charge in [-0.3, -0.25) is 4.79 Å². The van der Waals surface area contributed by atoms with E-state index in [1.54, 1.807) is 0 Å². The van der Waals surface area contributed by atoms with E-state index in [1.807, 2.05) is 13.8 Å². The molecule has 0 aromatic carbocycles. The summed E-state index contributed by atoms with van der Waals surface area (Å²) >= 11 is 1.32. The molecular formula is C12H20N4O2S. The molecule has 1 fully saturated rings. The summed E-state index contributed by atoms with van der Waals surface area (Å²) in [6.07, 6.45) is -0.000655. The lowest BCUT2D eigenvalue weighted by molar-refractivity contribution is 0.100. The van der Waals surface area contributed by atoms with Gasteiger partial charge < -0.3 is 26.4 Å². The van der Waals surface area contributed by atoms with Crippen molar-refractivity contribution >= 4 is 27.9 Å². The summed E-state index contributed by atoms with van der Waals surface area (Å²) in [7, 11) is 0. The third kappa shape index (κ3) is 2.93. The quantitative estimate of drug-likeness (QED) is 0.754. The third-order valence-corrected chi connectivity index (χ3v) is 4.13. The highest BCUT2D eigenvalue weighted by Crippen LogP contribution is 2.45. The minimum absolute atomic E-state index is 0.000655. The van der Waals surface area contributed by atoms with Gasteiger partial charge in [-0.25, -0.2) is 0 Å². The molecule has 1 amide bonds. The Morgan fingerprint density at radius 1 is 1.42 bits per heavy atom. The Bertz CT molecular complexity index is 467. The molecule has 1 aliphatic rings. The monoisotopic (exact) mass is 284 g/mol. The van der Waals surface area contributed by atoms with Gasteiger partial charge in [-0.05, 0) is 13.8 Å². The lowest BCUT2D eigenvalue weighted by Crippen LogP contribution is -2.43. The summed E-state index contributed by atoms with van der Waals surface area (Å²) in [5.41, 5.74) is 11.7. The topological polar surface area (TPSA) is 93.6 Å². The first-order chi connectivity index (χ1) is 9.00. The molecule has 0 atom stereocenters. The van der Waals surface area contributed by atoms with Crippen molar-refractivity contribution in [1.29, 1.82) is 0 Å². The van der Waals surface area contributed by atoms with Crippen molar-refractivity contribution in [3.8, 4) is 5.75 Å². The lowest BCUT2D eigenvalue weighted by Gasteiger charge is -2.29. The Labute approximate surface area is 116 Å². The number of amides is 1. The van der Waals surface area contributed by atoms with Crippen LogP contribution >= 0.6 is 11.3 Å². The second kappa shape index (κ2) is 5.66. The second-order valence-electron chi connectivity index (χ2n) is 4.75. The zero-order valence-electron chi connectivity index (χ0n) is 11.2. The average Bonchev–Trinajstić information content (AvgIpc) is 2.68. The van der Waals surface area contributed by atoms with Crippen molar-refractivity contribution < 1.29 is 9.53 Å². The Morgan fingerprint density at radius 2 is 2.05 bits per heavy atom. The maximum atomic E-state index is 11.4. The number of thiophene rings is 1. The molecule has 0 aliphatic carbocycles. The number of piperazine rings is 1. The van der Waals surface area contributed by atoms with Crippen molar-refractivity contribution in [3.05, 3.63) is 4.88 Å². The van der Waals surface area contributed by atoms with Crippen LogP contribution in [0.15, 0.2) is 0 Å². The van der Waals surface area contributed by atoms with Crippen LogP contribution in [-0.4, -0.2) is 38.2 Å². The number of anilines is 2. The molecule has 2 rings (SSSR count). The molecule has 6 nitrogen and oxygen atoms in total. The van der Waals surface area contributed by atoms with E-state index < -0.39 is 5.91 Å². The highest BCUT2D eigenvalue weighted by molar-refractivity contribution is 7.19. The van der Waals surface area contributed by atoms with Crippen LogP contribution in [0.4, 0.5) is 10.7 Å².